The van der Waals surface area contributed by atoms with Gasteiger partial charge in [-0.05, 0) is 54.8 Å². The van der Waals surface area contributed by atoms with Crippen LogP contribution in [-0.4, -0.2) is 23.4 Å². The van der Waals surface area contributed by atoms with Crippen molar-refractivity contribution in [1.82, 2.24) is 0 Å². The maximum Gasteiger partial charge on any atom is 0.300 e. The molecular weight excluding hydrogens is 441 g/mol. The van der Waals surface area contributed by atoms with E-state index >= 15 is 0 Å². The molecule has 1 unspecified atom stereocenters. The van der Waals surface area contributed by atoms with E-state index in [0.717, 1.165) is 0 Å². The summed E-state index contributed by atoms with van der Waals surface area (Å²) in [6.45, 7) is 2.22. The Bertz CT molecular complexity index is 1190. The molecule has 5 nitrogen and oxygen atoms in total. The summed E-state index contributed by atoms with van der Waals surface area (Å²) in [6.07, 6.45) is 0. The van der Waals surface area contributed by atoms with Crippen LogP contribution in [0.2, 0.25) is 5.02 Å². The predicted octanol–water partition coefficient (Wildman–Crippen LogP) is 5.57. The number of ketones is 1. The zero-order valence-electron chi connectivity index (χ0n) is 16.3. The van der Waals surface area contributed by atoms with Gasteiger partial charge in [0.15, 0.2) is 0 Å². The molecule has 2 heterocycles. The molecule has 31 heavy (non-hydrogen) atoms. The van der Waals surface area contributed by atoms with E-state index in [1.54, 1.807) is 29.6 Å². The lowest BCUT2D eigenvalue weighted by molar-refractivity contribution is -0.132. The minimum Gasteiger partial charge on any atom is -0.507 e. The van der Waals surface area contributed by atoms with E-state index in [2.05, 4.69) is 0 Å². The average molecular weight is 458 g/mol. The Morgan fingerprint density at radius 1 is 1.19 bits per heavy atom. The molecular formula is C23H17ClFNO4S. The zero-order chi connectivity index (χ0) is 22.1. The van der Waals surface area contributed by atoms with Crippen LogP contribution in [0.1, 0.15) is 23.4 Å². The SMILES string of the molecule is CCOc1ccc(Cl)c(/C(O)=C2/C(=O)C(=O)N(c3cccc(F)c3)C2c2cccs2)c1. The molecule has 1 aliphatic heterocycles. The molecule has 1 aromatic heterocycles. The van der Waals surface area contributed by atoms with E-state index in [4.69, 9.17) is 16.3 Å². The standard InChI is InChI=1S/C23H17ClFNO4S/c1-2-30-15-8-9-17(24)16(12-15)21(27)19-20(18-7-4-10-31-18)26(23(29)22(19)28)14-6-3-5-13(25)11-14/h3-12,20,27H,2H2,1H3/b21-19-. The number of thiophene rings is 1. The molecule has 158 valence electrons. The maximum atomic E-state index is 13.9. The van der Waals surface area contributed by atoms with Crippen LogP contribution in [0.5, 0.6) is 5.75 Å². The topological polar surface area (TPSA) is 66.8 Å². The van der Waals surface area contributed by atoms with Crippen LogP contribution in [0.3, 0.4) is 0 Å². The Kier molecular flexibility index (Phi) is 5.80. The van der Waals surface area contributed by atoms with Gasteiger partial charge in [-0.1, -0.05) is 23.7 Å². The highest BCUT2D eigenvalue weighted by Crippen LogP contribution is 2.44. The van der Waals surface area contributed by atoms with Gasteiger partial charge in [-0.15, -0.1) is 11.3 Å². The molecule has 1 N–H and O–H groups in total. The van der Waals surface area contributed by atoms with Crippen molar-refractivity contribution in [2.75, 3.05) is 11.5 Å². The van der Waals surface area contributed by atoms with Crippen molar-refractivity contribution in [3.05, 3.63) is 86.8 Å². The molecule has 0 aliphatic carbocycles. The number of nitrogens with zero attached hydrogens (tertiary/aromatic N) is 1. The molecule has 0 radical (unpaired) electrons. The number of rotatable bonds is 5. The summed E-state index contributed by atoms with van der Waals surface area (Å²) in [5.41, 5.74) is 0.271. The summed E-state index contributed by atoms with van der Waals surface area (Å²) in [5.74, 6) is -2.24. The monoisotopic (exact) mass is 457 g/mol. The lowest BCUT2D eigenvalue weighted by Crippen LogP contribution is -2.29. The molecule has 0 spiro atoms. The number of ether oxygens (including phenoxy) is 1. The number of hydrogen-bond acceptors (Lipinski definition) is 5. The van der Waals surface area contributed by atoms with Crippen molar-refractivity contribution >= 4 is 46.1 Å². The van der Waals surface area contributed by atoms with Gasteiger partial charge in [-0.3, -0.25) is 14.5 Å². The van der Waals surface area contributed by atoms with E-state index < -0.39 is 29.3 Å². The van der Waals surface area contributed by atoms with Gasteiger partial charge in [0, 0.05) is 16.1 Å². The summed E-state index contributed by atoms with van der Waals surface area (Å²) < 4.78 is 19.4. The lowest BCUT2D eigenvalue weighted by atomic mass is 9.99. The number of halogens is 2. The molecule has 4 rings (SSSR count). The number of anilines is 1. The third kappa shape index (κ3) is 3.82. The summed E-state index contributed by atoms with van der Waals surface area (Å²) in [4.78, 5) is 27.9. The average Bonchev–Trinajstić information content (AvgIpc) is 3.36. The number of aliphatic hydroxyl groups is 1. The van der Waals surface area contributed by atoms with Crippen LogP contribution in [0.15, 0.2) is 65.6 Å². The number of amides is 1. The van der Waals surface area contributed by atoms with Crippen LogP contribution in [0.25, 0.3) is 5.76 Å². The second kappa shape index (κ2) is 8.53. The molecule has 1 aliphatic rings. The van der Waals surface area contributed by atoms with Crippen molar-refractivity contribution in [3.63, 3.8) is 0 Å². The van der Waals surface area contributed by atoms with Gasteiger partial charge in [0.2, 0.25) is 0 Å². The van der Waals surface area contributed by atoms with E-state index in [9.17, 15) is 19.1 Å². The first kappa shape index (κ1) is 21.1. The molecule has 1 atom stereocenters. The number of hydrogen-bond donors (Lipinski definition) is 1. The highest BCUT2D eigenvalue weighted by molar-refractivity contribution is 7.10. The van der Waals surface area contributed by atoms with Crippen LogP contribution < -0.4 is 9.64 Å². The fourth-order valence-corrected chi connectivity index (χ4v) is 4.56. The van der Waals surface area contributed by atoms with Crippen molar-refractivity contribution < 1.29 is 23.8 Å². The Balaban J connectivity index is 1.93. The quantitative estimate of drug-likeness (QED) is 0.309. The third-order valence-electron chi connectivity index (χ3n) is 4.85. The van der Waals surface area contributed by atoms with Crippen molar-refractivity contribution in [1.29, 1.82) is 0 Å². The molecule has 1 amide bonds. The molecule has 0 bridgehead atoms. The van der Waals surface area contributed by atoms with Gasteiger partial charge in [0.25, 0.3) is 11.7 Å². The number of carbonyl (C=O) groups is 2. The first-order chi connectivity index (χ1) is 14.9. The van der Waals surface area contributed by atoms with Gasteiger partial charge in [-0.25, -0.2) is 4.39 Å². The lowest BCUT2D eigenvalue weighted by Gasteiger charge is -2.24. The Morgan fingerprint density at radius 3 is 2.68 bits per heavy atom. The minimum atomic E-state index is -0.923. The fraction of sp³-hybridized carbons (Fsp3) is 0.130. The summed E-state index contributed by atoms with van der Waals surface area (Å²) in [5, 5.41) is 13.1. The molecule has 2 aromatic carbocycles. The molecule has 1 fully saturated rings. The van der Waals surface area contributed by atoms with Crippen molar-refractivity contribution in [3.8, 4) is 5.75 Å². The maximum absolute atomic E-state index is 13.9. The van der Waals surface area contributed by atoms with Crippen LogP contribution in [0, 0.1) is 5.82 Å². The summed E-state index contributed by atoms with van der Waals surface area (Å²) in [7, 11) is 0. The second-order valence-corrected chi connectivity index (χ2v) is 8.13. The third-order valence-corrected chi connectivity index (χ3v) is 6.10. The predicted molar refractivity (Wildman–Crippen MR) is 118 cm³/mol. The van der Waals surface area contributed by atoms with E-state index in [-0.39, 0.29) is 21.8 Å². The first-order valence-electron chi connectivity index (χ1n) is 9.45. The van der Waals surface area contributed by atoms with E-state index in [0.29, 0.717) is 17.2 Å². The summed E-state index contributed by atoms with van der Waals surface area (Å²) in [6, 6.07) is 12.7. The van der Waals surface area contributed by atoms with E-state index in [1.807, 2.05) is 6.92 Å². The number of aliphatic hydroxyl groups excluding tert-OH is 1. The Labute approximate surface area is 187 Å². The number of carbonyl (C=O) groups excluding carboxylic acids is 2. The van der Waals surface area contributed by atoms with Gasteiger partial charge in [0.05, 0.1) is 17.2 Å². The molecule has 1 saturated heterocycles. The zero-order valence-corrected chi connectivity index (χ0v) is 17.9. The minimum absolute atomic E-state index is 0.118. The van der Waals surface area contributed by atoms with Gasteiger partial charge in [0.1, 0.15) is 23.4 Å². The first-order valence-corrected chi connectivity index (χ1v) is 10.7. The normalized spacial score (nSPS) is 17.9. The molecule has 3 aromatic rings. The smallest absolute Gasteiger partial charge is 0.300 e. The number of benzene rings is 2. The number of Topliss-reactive ketones (excluding diaryl/α,β-unsaturated/α-hetero) is 1. The van der Waals surface area contributed by atoms with Crippen LogP contribution >= 0.6 is 22.9 Å². The Morgan fingerprint density at radius 2 is 2.00 bits per heavy atom. The van der Waals surface area contributed by atoms with Gasteiger partial charge >= 0.3 is 0 Å². The van der Waals surface area contributed by atoms with Gasteiger partial charge in [-0.2, -0.15) is 0 Å². The van der Waals surface area contributed by atoms with Crippen molar-refractivity contribution in [2.24, 2.45) is 0 Å². The fourth-order valence-electron chi connectivity index (χ4n) is 3.53. The van der Waals surface area contributed by atoms with Crippen molar-refractivity contribution in [2.45, 2.75) is 13.0 Å². The summed E-state index contributed by atoms with van der Waals surface area (Å²) >= 11 is 7.61. The highest BCUT2D eigenvalue weighted by Gasteiger charge is 2.47. The highest BCUT2D eigenvalue weighted by atomic mass is 35.5. The Hall–Kier alpha value is -3.16. The van der Waals surface area contributed by atoms with Crippen LogP contribution in [0.4, 0.5) is 10.1 Å². The largest absolute Gasteiger partial charge is 0.507 e. The van der Waals surface area contributed by atoms with Crippen LogP contribution in [-0.2, 0) is 9.59 Å². The van der Waals surface area contributed by atoms with E-state index in [1.165, 1.54) is 46.6 Å². The molecule has 0 saturated carbocycles. The molecule has 8 heteroatoms. The van der Waals surface area contributed by atoms with Gasteiger partial charge < -0.3 is 9.84 Å². The second-order valence-electron chi connectivity index (χ2n) is 6.74.